The lowest BCUT2D eigenvalue weighted by Gasteiger charge is -2.16. The summed E-state index contributed by atoms with van der Waals surface area (Å²) in [7, 11) is 0. The minimum absolute atomic E-state index is 0.00220. The fourth-order valence-electron chi connectivity index (χ4n) is 1.91. The van der Waals surface area contributed by atoms with Gasteiger partial charge in [-0.1, -0.05) is 26.0 Å². The molecule has 2 N–H and O–H groups in total. The predicted molar refractivity (Wildman–Crippen MR) is 75.8 cm³/mol. The van der Waals surface area contributed by atoms with E-state index in [2.05, 4.69) is 10.1 Å². The van der Waals surface area contributed by atoms with E-state index in [9.17, 15) is 18.4 Å². The molecule has 0 fully saturated rings. The Morgan fingerprint density at radius 3 is 2.27 bits per heavy atom. The summed E-state index contributed by atoms with van der Waals surface area (Å²) < 4.78 is 28.2. The van der Waals surface area contributed by atoms with Crippen molar-refractivity contribution < 1.29 is 28.2 Å². The predicted octanol–water partition coefficient (Wildman–Crippen LogP) is 2.45. The fraction of sp³-hybridized carbons (Fsp3) is 0.467. The number of carbonyl (C=O) groups excluding carboxylic acids is 1. The summed E-state index contributed by atoms with van der Waals surface area (Å²) >= 11 is 0. The lowest BCUT2D eigenvalue weighted by molar-refractivity contribution is -0.142. The first-order valence-corrected chi connectivity index (χ1v) is 6.84. The summed E-state index contributed by atoms with van der Waals surface area (Å²) in [4.78, 5) is 22.9. The molecular formula is C15H19F2NO4. The van der Waals surface area contributed by atoms with Crippen molar-refractivity contribution in [3.8, 4) is 5.75 Å². The number of alkyl halides is 2. The number of halogens is 2. The van der Waals surface area contributed by atoms with E-state index in [0.717, 1.165) is 0 Å². The molecule has 5 nitrogen and oxygen atoms in total. The molecule has 22 heavy (non-hydrogen) atoms. The van der Waals surface area contributed by atoms with Crippen molar-refractivity contribution in [2.45, 2.75) is 39.3 Å². The molecule has 7 heteroatoms. The number of benzene rings is 1. The standard InChI is InChI=1S/C15H19F2NO4/c1-9(2)7-12(14(20)21)18-13(19)8-10-3-5-11(6-4-10)22-15(16)17/h3-6,9,12,15H,7-8H2,1-2H3,(H,18,19)(H,20,21)/t12-/m0/s1. The summed E-state index contributed by atoms with van der Waals surface area (Å²) in [5.41, 5.74) is 0.577. The van der Waals surface area contributed by atoms with Crippen LogP contribution in [-0.2, 0) is 16.0 Å². The van der Waals surface area contributed by atoms with Crippen LogP contribution in [0.5, 0.6) is 5.75 Å². The van der Waals surface area contributed by atoms with Crippen molar-refractivity contribution in [1.29, 1.82) is 0 Å². The highest BCUT2D eigenvalue weighted by Crippen LogP contribution is 2.15. The smallest absolute Gasteiger partial charge is 0.387 e. The third-order valence-corrected chi connectivity index (χ3v) is 2.85. The molecule has 1 atom stereocenters. The molecule has 0 unspecified atom stereocenters. The molecule has 0 saturated carbocycles. The van der Waals surface area contributed by atoms with Crippen molar-refractivity contribution in [3.05, 3.63) is 29.8 Å². The fourth-order valence-corrected chi connectivity index (χ4v) is 1.91. The van der Waals surface area contributed by atoms with Crippen LogP contribution in [0, 0.1) is 5.92 Å². The molecule has 0 spiro atoms. The van der Waals surface area contributed by atoms with Crippen molar-refractivity contribution >= 4 is 11.9 Å². The van der Waals surface area contributed by atoms with Gasteiger partial charge in [-0.2, -0.15) is 8.78 Å². The van der Waals surface area contributed by atoms with Crippen LogP contribution in [0.2, 0.25) is 0 Å². The highest BCUT2D eigenvalue weighted by molar-refractivity contribution is 5.84. The number of rotatable bonds is 8. The maximum Gasteiger partial charge on any atom is 0.387 e. The highest BCUT2D eigenvalue weighted by atomic mass is 19.3. The second kappa shape index (κ2) is 8.31. The van der Waals surface area contributed by atoms with Gasteiger partial charge in [0, 0.05) is 0 Å². The topological polar surface area (TPSA) is 75.6 Å². The van der Waals surface area contributed by atoms with Gasteiger partial charge < -0.3 is 15.2 Å². The van der Waals surface area contributed by atoms with Gasteiger partial charge in [-0.25, -0.2) is 4.79 Å². The van der Waals surface area contributed by atoms with Crippen LogP contribution in [0.15, 0.2) is 24.3 Å². The number of carboxylic acid groups (broad SMARTS) is 1. The van der Waals surface area contributed by atoms with Crippen LogP contribution in [0.4, 0.5) is 8.78 Å². The van der Waals surface area contributed by atoms with Gasteiger partial charge in [-0.3, -0.25) is 4.79 Å². The van der Waals surface area contributed by atoms with Crippen LogP contribution in [-0.4, -0.2) is 29.6 Å². The number of ether oxygens (including phenoxy) is 1. The molecule has 0 radical (unpaired) electrons. The van der Waals surface area contributed by atoms with Crippen molar-refractivity contribution in [1.82, 2.24) is 5.32 Å². The molecule has 0 saturated heterocycles. The first kappa shape index (κ1) is 17.9. The Morgan fingerprint density at radius 2 is 1.82 bits per heavy atom. The second-order valence-corrected chi connectivity index (χ2v) is 5.29. The zero-order chi connectivity index (χ0) is 16.7. The summed E-state index contributed by atoms with van der Waals surface area (Å²) in [5, 5.41) is 11.5. The SMILES string of the molecule is CC(C)C[C@H](NC(=O)Cc1ccc(OC(F)F)cc1)C(=O)O. The highest BCUT2D eigenvalue weighted by Gasteiger charge is 2.21. The van der Waals surface area contributed by atoms with Gasteiger partial charge in [0.2, 0.25) is 5.91 Å². The van der Waals surface area contributed by atoms with Gasteiger partial charge in [0.05, 0.1) is 6.42 Å². The molecular weight excluding hydrogens is 296 g/mol. The number of hydrogen-bond acceptors (Lipinski definition) is 3. The summed E-state index contributed by atoms with van der Waals surface area (Å²) in [6.07, 6.45) is 0.305. The molecule has 0 aliphatic carbocycles. The first-order valence-electron chi connectivity index (χ1n) is 6.84. The van der Waals surface area contributed by atoms with E-state index in [1.807, 2.05) is 13.8 Å². The van der Waals surface area contributed by atoms with Gasteiger partial charge in [0.25, 0.3) is 0 Å². The van der Waals surface area contributed by atoms with Gasteiger partial charge in [-0.05, 0) is 30.0 Å². The summed E-state index contributed by atoms with van der Waals surface area (Å²) in [5.74, 6) is -1.38. The number of aliphatic carboxylic acids is 1. The van der Waals surface area contributed by atoms with Gasteiger partial charge in [0.1, 0.15) is 11.8 Å². The Balaban J connectivity index is 2.58. The van der Waals surface area contributed by atoms with Crippen molar-refractivity contribution in [2.24, 2.45) is 5.92 Å². The monoisotopic (exact) mass is 315 g/mol. The van der Waals surface area contributed by atoms with E-state index < -0.39 is 24.5 Å². The molecule has 1 amide bonds. The average molecular weight is 315 g/mol. The van der Waals surface area contributed by atoms with Crippen molar-refractivity contribution in [2.75, 3.05) is 0 Å². The van der Waals surface area contributed by atoms with Crippen LogP contribution in [0.1, 0.15) is 25.8 Å². The van der Waals surface area contributed by atoms with Crippen LogP contribution < -0.4 is 10.1 Å². The quantitative estimate of drug-likeness (QED) is 0.772. The third kappa shape index (κ3) is 6.51. The van der Waals surface area contributed by atoms with E-state index in [4.69, 9.17) is 5.11 Å². The van der Waals surface area contributed by atoms with E-state index in [1.165, 1.54) is 24.3 Å². The lowest BCUT2D eigenvalue weighted by Crippen LogP contribution is -2.42. The Hall–Kier alpha value is -2.18. The Labute approximate surface area is 127 Å². The minimum atomic E-state index is -2.90. The Morgan fingerprint density at radius 1 is 1.23 bits per heavy atom. The van der Waals surface area contributed by atoms with Crippen LogP contribution >= 0.6 is 0 Å². The maximum absolute atomic E-state index is 12.0. The Bertz CT molecular complexity index is 503. The molecule has 0 bridgehead atoms. The van der Waals surface area contributed by atoms with E-state index in [-0.39, 0.29) is 18.1 Å². The number of carboxylic acids is 1. The zero-order valence-electron chi connectivity index (χ0n) is 12.4. The molecule has 1 aromatic rings. The normalized spacial score (nSPS) is 12.3. The average Bonchev–Trinajstić information content (AvgIpc) is 2.39. The molecule has 0 heterocycles. The number of amides is 1. The van der Waals surface area contributed by atoms with E-state index >= 15 is 0 Å². The molecule has 1 rings (SSSR count). The number of hydrogen-bond donors (Lipinski definition) is 2. The molecule has 0 aliphatic rings. The van der Waals surface area contributed by atoms with Gasteiger partial charge in [-0.15, -0.1) is 0 Å². The van der Waals surface area contributed by atoms with Gasteiger partial charge in [0.15, 0.2) is 0 Å². The minimum Gasteiger partial charge on any atom is -0.480 e. The summed E-state index contributed by atoms with van der Waals surface area (Å²) in [6.45, 7) is 0.828. The molecule has 0 aromatic heterocycles. The third-order valence-electron chi connectivity index (χ3n) is 2.85. The molecule has 0 aliphatic heterocycles. The van der Waals surface area contributed by atoms with Gasteiger partial charge >= 0.3 is 12.6 Å². The largest absolute Gasteiger partial charge is 0.480 e. The molecule has 1 aromatic carbocycles. The van der Waals surface area contributed by atoms with Crippen LogP contribution in [0.3, 0.4) is 0 Å². The number of nitrogens with one attached hydrogen (secondary N) is 1. The lowest BCUT2D eigenvalue weighted by atomic mass is 10.0. The first-order chi connectivity index (χ1) is 10.3. The van der Waals surface area contributed by atoms with Crippen molar-refractivity contribution in [3.63, 3.8) is 0 Å². The van der Waals surface area contributed by atoms with Crippen LogP contribution in [0.25, 0.3) is 0 Å². The number of carbonyl (C=O) groups is 2. The summed E-state index contributed by atoms with van der Waals surface area (Å²) in [6, 6.07) is 4.69. The second-order valence-electron chi connectivity index (χ2n) is 5.29. The maximum atomic E-state index is 12.0. The van der Waals surface area contributed by atoms with E-state index in [0.29, 0.717) is 12.0 Å². The Kier molecular flexibility index (Phi) is 6.75. The zero-order valence-corrected chi connectivity index (χ0v) is 12.4. The van der Waals surface area contributed by atoms with E-state index in [1.54, 1.807) is 0 Å². The molecule has 122 valence electrons.